The molecule has 0 spiro atoms. The standard InChI is InChI=1S/C12H25N3O4S/c1-10(13-20(4,18)19)11(16)15-7-5-14(6-8-15)9-12(2,3)17/h10,13,17H,5-9H2,1-4H3/t10-/m0/s1. The fraction of sp³-hybridized carbons (Fsp3) is 0.917. The van der Waals surface area contributed by atoms with E-state index >= 15 is 0 Å². The molecule has 1 saturated heterocycles. The monoisotopic (exact) mass is 307 g/mol. The highest BCUT2D eigenvalue weighted by Crippen LogP contribution is 2.09. The molecular weight excluding hydrogens is 282 g/mol. The van der Waals surface area contributed by atoms with Crippen molar-refractivity contribution in [1.29, 1.82) is 0 Å². The van der Waals surface area contributed by atoms with Gasteiger partial charge in [0, 0.05) is 32.7 Å². The first-order chi connectivity index (χ1) is 8.98. The Bertz CT molecular complexity index is 436. The normalized spacial score (nSPS) is 19.9. The van der Waals surface area contributed by atoms with E-state index in [2.05, 4.69) is 9.62 Å². The molecule has 0 aromatic rings. The lowest BCUT2D eigenvalue weighted by Gasteiger charge is -2.38. The van der Waals surface area contributed by atoms with E-state index in [0.717, 1.165) is 6.26 Å². The Hall–Kier alpha value is -0.700. The van der Waals surface area contributed by atoms with E-state index in [1.165, 1.54) is 0 Å². The van der Waals surface area contributed by atoms with Crippen LogP contribution in [0.3, 0.4) is 0 Å². The lowest BCUT2D eigenvalue weighted by Crippen LogP contribution is -2.55. The molecule has 0 aliphatic carbocycles. The molecular formula is C12H25N3O4S. The molecule has 1 heterocycles. The van der Waals surface area contributed by atoms with Gasteiger partial charge in [0.2, 0.25) is 15.9 Å². The number of carbonyl (C=O) groups is 1. The number of hydrogen-bond acceptors (Lipinski definition) is 5. The highest BCUT2D eigenvalue weighted by atomic mass is 32.2. The lowest BCUT2D eigenvalue weighted by atomic mass is 10.1. The third-order valence-electron chi connectivity index (χ3n) is 3.06. The van der Waals surface area contributed by atoms with Gasteiger partial charge in [-0.2, -0.15) is 0 Å². The minimum Gasteiger partial charge on any atom is -0.389 e. The summed E-state index contributed by atoms with van der Waals surface area (Å²) in [6.07, 6.45) is 1.04. The van der Waals surface area contributed by atoms with Crippen molar-refractivity contribution in [2.24, 2.45) is 0 Å². The summed E-state index contributed by atoms with van der Waals surface area (Å²) in [7, 11) is -3.38. The number of nitrogens with zero attached hydrogens (tertiary/aromatic N) is 2. The van der Waals surface area contributed by atoms with Crippen LogP contribution in [0.25, 0.3) is 0 Å². The molecule has 7 nitrogen and oxygen atoms in total. The lowest BCUT2D eigenvalue weighted by molar-refractivity contribution is -0.134. The first kappa shape index (κ1) is 17.4. The molecule has 1 amide bonds. The SMILES string of the molecule is C[C@H](NS(C)(=O)=O)C(=O)N1CCN(CC(C)(C)O)CC1. The van der Waals surface area contributed by atoms with E-state index in [4.69, 9.17) is 0 Å². The van der Waals surface area contributed by atoms with Gasteiger partial charge in [0.1, 0.15) is 0 Å². The molecule has 0 saturated carbocycles. The van der Waals surface area contributed by atoms with Gasteiger partial charge in [0.15, 0.2) is 0 Å². The Kier molecular flexibility index (Phi) is 5.54. The topological polar surface area (TPSA) is 90.0 Å². The Morgan fingerprint density at radius 3 is 2.20 bits per heavy atom. The molecule has 0 unspecified atom stereocenters. The molecule has 2 N–H and O–H groups in total. The van der Waals surface area contributed by atoms with E-state index in [0.29, 0.717) is 32.7 Å². The fourth-order valence-corrected chi connectivity index (χ4v) is 3.06. The van der Waals surface area contributed by atoms with Gasteiger partial charge in [0.25, 0.3) is 0 Å². The maximum atomic E-state index is 12.1. The largest absolute Gasteiger partial charge is 0.389 e. The first-order valence-electron chi connectivity index (χ1n) is 6.69. The molecule has 118 valence electrons. The second-order valence-electron chi connectivity index (χ2n) is 6.03. The number of piperazine rings is 1. The van der Waals surface area contributed by atoms with Gasteiger partial charge in [-0.05, 0) is 20.8 Å². The zero-order valence-electron chi connectivity index (χ0n) is 12.6. The number of hydrogen-bond donors (Lipinski definition) is 2. The smallest absolute Gasteiger partial charge is 0.240 e. The van der Waals surface area contributed by atoms with Crippen LogP contribution >= 0.6 is 0 Å². The predicted molar refractivity (Wildman–Crippen MR) is 76.8 cm³/mol. The van der Waals surface area contributed by atoms with Crippen molar-refractivity contribution >= 4 is 15.9 Å². The summed E-state index contributed by atoms with van der Waals surface area (Å²) in [6.45, 7) is 8.07. The minimum absolute atomic E-state index is 0.210. The molecule has 8 heteroatoms. The van der Waals surface area contributed by atoms with Crippen molar-refractivity contribution in [3.05, 3.63) is 0 Å². The van der Waals surface area contributed by atoms with Crippen LogP contribution in [0.2, 0.25) is 0 Å². The van der Waals surface area contributed by atoms with Crippen molar-refractivity contribution in [3.63, 3.8) is 0 Å². The van der Waals surface area contributed by atoms with Crippen LogP contribution in [-0.2, 0) is 14.8 Å². The molecule has 1 aliphatic heterocycles. The van der Waals surface area contributed by atoms with Crippen LogP contribution < -0.4 is 4.72 Å². The van der Waals surface area contributed by atoms with E-state index in [1.807, 2.05) is 0 Å². The highest BCUT2D eigenvalue weighted by Gasteiger charge is 2.28. The minimum atomic E-state index is -3.38. The van der Waals surface area contributed by atoms with Gasteiger partial charge in [-0.25, -0.2) is 13.1 Å². The van der Waals surface area contributed by atoms with Gasteiger partial charge in [-0.3, -0.25) is 9.69 Å². The molecule has 1 fully saturated rings. The second-order valence-corrected chi connectivity index (χ2v) is 7.81. The third kappa shape index (κ3) is 6.17. The average molecular weight is 307 g/mol. The summed E-state index contributed by atoms with van der Waals surface area (Å²) in [5.41, 5.74) is -0.753. The van der Waals surface area contributed by atoms with Crippen LogP contribution in [0.1, 0.15) is 20.8 Å². The molecule has 1 atom stereocenters. The Balaban J connectivity index is 2.47. The molecule has 0 bridgehead atoms. The van der Waals surface area contributed by atoms with Crippen LogP contribution in [0.15, 0.2) is 0 Å². The van der Waals surface area contributed by atoms with E-state index < -0.39 is 21.7 Å². The van der Waals surface area contributed by atoms with E-state index in [-0.39, 0.29) is 5.91 Å². The summed E-state index contributed by atoms with van der Waals surface area (Å²) < 4.78 is 24.5. The molecule has 0 aromatic heterocycles. The maximum absolute atomic E-state index is 12.1. The molecule has 0 radical (unpaired) electrons. The summed E-state index contributed by atoms with van der Waals surface area (Å²) in [4.78, 5) is 15.9. The van der Waals surface area contributed by atoms with Crippen LogP contribution in [0, 0.1) is 0 Å². The summed E-state index contributed by atoms with van der Waals surface area (Å²) in [5, 5.41) is 9.76. The van der Waals surface area contributed by atoms with Gasteiger partial charge in [-0.15, -0.1) is 0 Å². The van der Waals surface area contributed by atoms with E-state index in [1.54, 1.807) is 25.7 Å². The number of nitrogens with one attached hydrogen (secondary N) is 1. The zero-order valence-corrected chi connectivity index (χ0v) is 13.4. The van der Waals surface area contributed by atoms with Gasteiger partial charge in [0.05, 0.1) is 17.9 Å². The number of rotatable bonds is 5. The summed E-state index contributed by atoms with van der Waals surface area (Å²) in [6, 6.07) is -0.745. The zero-order chi connectivity index (χ0) is 15.6. The third-order valence-corrected chi connectivity index (χ3v) is 3.84. The maximum Gasteiger partial charge on any atom is 0.240 e. The average Bonchev–Trinajstić information content (AvgIpc) is 2.24. The van der Waals surface area contributed by atoms with Gasteiger partial charge >= 0.3 is 0 Å². The summed E-state index contributed by atoms with van der Waals surface area (Å²) in [5.74, 6) is -0.210. The summed E-state index contributed by atoms with van der Waals surface area (Å²) >= 11 is 0. The Morgan fingerprint density at radius 2 is 1.80 bits per heavy atom. The molecule has 20 heavy (non-hydrogen) atoms. The van der Waals surface area contributed by atoms with Gasteiger partial charge in [-0.1, -0.05) is 0 Å². The number of aliphatic hydroxyl groups is 1. The van der Waals surface area contributed by atoms with Crippen molar-refractivity contribution in [3.8, 4) is 0 Å². The predicted octanol–water partition coefficient (Wildman–Crippen LogP) is -1.16. The number of β-amino-alcohol motifs (C(OH)–C–C–N with tert-alkyl or cyclic N) is 1. The van der Waals surface area contributed by atoms with Crippen LogP contribution in [0.5, 0.6) is 0 Å². The number of sulfonamides is 1. The Labute approximate surface area is 121 Å². The van der Waals surface area contributed by atoms with Crippen molar-refractivity contribution in [1.82, 2.24) is 14.5 Å². The fourth-order valence-electron chi connectivity index (χ4n) is 2.32. The highest BCUT2D eigenvalue weighted by molar-refractivity contribution is 7.88. The Morgan fingerprint density at radius 1 is 1.30 bits per heavy atom. The van der Waals surface area contributed by atoms with Crippen molar-refractivity contribution in [2.45, 2.75) is 32.4 Å². The number of carbonyl (C=O) groups excluding carboxylic acids is 1. The quantitative estimate of drug-likeness (QED) is 0.669. The molecule has 1 aliphatic rings. The van der Waals surface area contributed by atoms with Crippen LogP contribution in [0.4, 0.5) is 0 Å². The van der Waals surface area contributed by atoms with E-state index in [9.17, 15) is 18.3 Å². The second kappa shape index (κ2) is 6.38. The van der Waals surface area contributed by atoms with Crippen molar-refractivity contribution in [2.75, 3.05) is 39.0 Å². The van der Waals surface area contributed by atoms with Crippen molar-refractivity contribution < 1.29 is 18.3 Å². The van der Waals surface area contributed by atoms with Gasteiger partial charge < -0.3 is 10.0 Å². The first-order valence-corrected chi connectivity index (χ1v) is 8.58. The molecule has 1 rings (SSSR count). The molecule has 0 aromatic carbocycles. The van der Waals surface area contributed by atoms with Crippen LogP contribution in [-0.4, -0.2) is 79.9 Å². The number of amides is 1.